The fourth-order valence-electron chi connectivity index (χ4n) is 1.21. The zero-order valence-electron chi connectivity index (χ0n) is 7.93. The summed E-state index contributed by atoms with van der Waals surface area (Å²) in [6, 6.07) is 0. The monoisotopic (exact) mass is 217 g/mol. The van der Waals surface area contributed by atoms with Crippen LogP contribution in [0.1, 0.15) is 25.1 Å². The van der Waals surface area contributed by atoms with Gasteiger partial charge in [-0.05, 0) is 18.1 Å². The predicted molar refractivity (Wildman–Crippen MR) is 48.4 cm³/mol. The Morgan fingerprint density at radius 3 is 2.29 bits per heavy atom. The number of hydrogen-bond acceptors (Lipinski definition) is 5. The molecule has 0 atom stereocenters. The van der Waals surface area contributed by atoms with E-state index in [4.69, 9.17) is 4.55 Å². The van der Waals surface area contributed by atoms with Gasteiger partial charge in [-0.2, -0.15) is 8.42 Å². The molecule has 0 saturated heterocycles. The molecule has 0 fully saturated rings. The molecule has 0 aromatic carbocycles. The molecule has 1 N–H and O–H groups in total. The lowest BCUT2D eigenvalue weighted by Crippen LogP contribution is -2.12. The standard InChI is InChI=1S/C7H11N3O3S/c1-3-5-6(4-2)8-10-9-7(5)14(11,12)13/h3-4H2,1-2H3,(H,11,12,13). The first-order valence-electron chi connectivity index (χ1n) is 4.19. The van der Waals surface area contributed by atoms with Crippen molar-refractivity contribution in [2.75, 3.05) is 0 Å². The highest BCUT2D eigenvalue weighted by atomic mass is 32.2. The van der Waals surface area contributed by atoms with E-state index in [2.05, 4.69) is 15.4 Å². The van der Waals surface area contributed by atoms with E-state index in [-0.39, 0.29) is 5.03 Å². The van der Waals surface area contributed by atoms with Crippen LogP contribution in [0.2, 0.25) is 0 Å². The molecule has 0 saturated carbocycles. The van der Waals surface area contributed by atoms with Crippen LogP contribution in [0, 0.1) is 0 Å². The minimum absolute atomic E-state index is 0.383. The summed E-state index contributed by atoms with van der Waals surface area (Å²) in [5, 5.41) is 9.94. The molecule has 0 radical (unpaired) electrons. The highest BCUT2D eigenvalue weighted by Gasteiger charge is 2.20. The molecule has 14 heavy (non-hydrogen) atoms. The van der Waals surface area contributed by atoms with E-state index in [1.165, 1.54) is 0 Å². The number of aromatic nitrogens is 3. The van der Waals surface area contributed by atoms with Crippen molar-refractivity contribution in [3.05, 3.63) is 11.3 Å². The molecule has 7 heteroatoms. The fourth-order valence-corrected chi connectivity index (χ4v) is 1.92. The second-order valence-electron chi connectivity index (χ2n) is 2.70. The fraction of sp³-hybridized carbons (Fsp3) is 0.571. The Morgan fingerprint density at radius 1 is 1.21 bits per heavy atom. The van der Waals surface area contributed by atoms with Crippen molar-refractivity contribution < 1.29 is 13.0 Å². The van der Waals surface area contributed by atoms with Crippen molar-refractivity contribution in [2.24, 2.45) is 0 Å². The molecule has 0 bridgehead atoms. The molecular formula is C7H11N3O3S. The smallest absolute Gasteiger partial charge is 0.281 e. The lowest BCUT2D eigenvalue weighted by Gasteiger charge is -2.05. The van der Waals surface area contributed by atoms with E-state index in [0.29, 0.717) is 24.1 Å². The third kappa shape index (κ3) is 2.05. The SMILES string of the molecule is CCc1nnnc(S(=O)(=O)O)c1CC. The van der Waals surface area contributed by atoms with E-state index in [0.717, 1.165) is 0 Å². The third-order valence-electron chi connectivity index (χ3n) is 1.84. The number of hydrogen-bond donors (Lipinski definition) is 1. The average Bonchev–Trinajstić information content (AvgIpc) is 2.15. The third-order valence-corrected chi connectivity index (χ3v) is 2.66. The lowest BCUT2D eigenvalue weighted by atomic mass is 10.1. The maximum Gasteiger partial charge on any atom is 0.314 e. The van der Waals surface area contributed by atoms with E-state index in [9.17, 15) is 8.42 Å². The van der Waals surface area contributed by atoms with Gasteiger partial charge in [0.25, 0.3) is 0 Å². The van der Waals surface area contributed by atoms with E-state index < -0.39 is 10.1 Å². The summed E-state index contributed by atoms with van der Waals surface area (Å²) in [5.74, 6) is 0. The largest absolute Gasteiger partial charge is 0.314 e. The highest BCUT2D eigenvalue weighted by Crippen LogP contribution is 2.15. The summed E-state index contributed by atoms with van der Waals surface area (Å²) in [6.45, 7) is 3.60. The Kier molecular flexibility index (Phi) is 3.12. The molecule has 0 aliphatic rings. The van der Waals surface area contributed by atoms with E-state index in [1.54, 1.807) is 6.92 Å². The van der Waals surface area contributed by atoms with Gasteiger partial charge in [0.05, 0.1) is 5.69 Å². The molecule has 0 spiro atoms. The van der Waals surface area contributed by atoms with Crippen LogP contribution in [0.4, 0.5) is 0 Å². The molecule has 0 amide bonds. The summed E-state index contributed by atoms with van der Waals surface area (Å²) < 4.78 is 30.7. The molecule has 0 unspecified atom stereocenters. The molecule has 1 heterocycles. The van der Waals surface area contributed by atoms with Crippen LogP contribution in [-0.4, -0.2) is 28.4 Å². The molecule has 6 nitrogen and oxygen atoms in total. The molecular weight excluding hydrogens is 206 g/mol. The van der Waals surface area contributed by atoms with Crippen molar-refractivity contribution in [1.29, 1.82) is 0 Å². The van der Waals surface area contributed by atoms with Gasteiger partial charge in [-0.3, -0.25) is 4.55 Å². The van der Waals surface area contributed by atoms with Crippen LogP contribution in [-0.2, 0) is 23.0 Å². The lowest BCUT2D eigenvalue weighted by molar-refractivity contribution is 0.473. The summed E-state index contributed by atoms with van der Waals surface area (Å²) in [7, 11) is -4.29. The van der Waals surface area contributed by atoms with Crippen molar-refractivity contribution in [2.45, 2.75) is 31.7 Å². The van der Waals surface area contributed by atoms with Gasteiger partial charge in [0.2, 0.25) is 5.03 Å². The Morgan fingerprint density at radius 2 is 1.86 bits per heavy atom. The predicted octanol–water partition coefficient (Wildman–Crippen LogP) is 0.243. The topological polar surface area (TPSA) is 93.0 Å². The first kappa shape index (κ1) is 11.0. The highest BCUT2D eigenvalue weighted by molar-refractivity contribution is 7.85. The molecule has 78 valence electrons. The Balaban J connectivity index is 3.45. The number of aryl methyl sites for hydroxylation is 1. The molecule has 1 aromatic heterocycles. The maximum atomic E-state index is 10.9. The van der Waals surface area contributed by atoms with Gasteiger partial charge >= 0.3 is 10.1 Å². The first-order valence-corrected chi connectivity index (χ1v) is 5.63. The average molecular weight is 217 g/mol. The van der Waals surface area contributed by atoms with Gasteiger partial charge in [0.15, 0.2) is 0 Å². The van der Waals surface area contributed by atoms with Crippen molar-refractivity contribution in [3.63, 3.8) is 0 Å². The minimum Gasteiger partial charge on any atom is -0.281 e. The van der Waals surface area contributed by atoms with E-state index >= 15 is 0 Å². The zero-order chi connectivity index (χ0) is 10.8. The molecule has 1 rings (SSSR count). The second kappa shape index (κ2) is 3.97. The van der Waals surface area contributed by atoms with Gasteiger partial charge in [0, 0.05) is 5.56 Å². The van der Waals surface area contributed by atoms with Gasteiger partial charge in [-0.1, -0.05) is 13.8 Å². The van der Waals surface area contributed by atoms with Crippen molar-refractivity contribution in [1.82, 2.24) is 15.4 Å². The minimum atomic E-state index is -4.29. The van der Waals surface area contributed by atoms with Crippen LogP contribution in [0.3, 0.4) is 0 Å². The van der Waals surface area contributed by atoms with Crippen molar-refractivity contribution >= 4 is 10.1 Å². The van der Waals surface area contributed by atoms with Crippen LogP contribution in [0.25, 0.3) is 0 Å². The zero-order valence-corrected chi connectivity index (χ0v) is 8.74. The second-order valence-corrected chi connectivity index (χ2v) is 4.04. The maximum absolute atomic E-state index is 10.9. The number of rotatable bonds is 3. The summed E-state index contributed by atoms with van der Waals surface area (Å²) in [4.78, 5) is 0. The van der Waals surface area contributed by atoms with Gasteiger partial charge in [-0.15, -0.1) is 10.2 Å². The molecule has 1 aromatic rings. The summed E-state index contributed by atoms with van der Waals surface area (Å²) in [6.07, 6.45) is 1.00. The summed E-state index contributed by atoms with van der Waals surface area (Å²) >= 11 is 0. The van der Waals surface area contributed by atoms with Crippen LogP contribution < -0.4 is 0 Å². The van der Waals surface area contributed by atoms with Gasteiger partial charge in [-0.25, -0.2) is 0 Å². The number of nitrogens with zero attached hydrogens (tertiary/aromatic N) is 3. The molecule has 0 aliphatic heterocycles. The van der Waals surface area contributed by atoms with Gasteiger partial charge in [0.1, 0.15) is 0 Å². The van der Waals surface area contributed by atoms with Gasteiger partial charge < -0.3 is 0 Å². The van der Waals surface area contributed by atoms with Crippen LogP contribution in [0.15, 0.2) is 5.03 Å². The molecule has 0 aliphatic carbocycles. The van der Waals surface area contributed by atoms with Crippen LogP contribution in [0.5, 0.6) is 0 Å². The Labute approximate surface area is 82.1 Å². The summed E-state index contributed by atoms with van der Waals surface area (Å²) in [5.41, 5.74) is 0.986. The Bertz CT molecular complexity index is 430. The van der Waals surface area contributed by atoms with Crippen molar-refractivity contribution in [3.8, 4) is 0 Å². The quantitative estimate of drug-likeness (QED) is 0.729. The van der Waals surface area contributed by atoms with E-state index in [1.807, 2.05) is 6.92 Å². The Hall–Kier alpha value is -1.08. The van der Waals surface area contributed by atoms with Crippen LogP contribution >= 0.6 is 0 Å². The first-order chi connectivity index (χ1) is 6.50. The normalized spacial score (nSPS) is 11.6.